The average Bonchev–Trinajstić information content (AvgIpc) is 3.16. The van der Waals surface area contributed by atoms with Gasteiger partial charge in [-0.1, -0.05) is 11.8 Å². The van der Waals surface area contributed by atoms with Gasteiger partial charge in [0.1, 0.15) is 11.8 Å². The number of nitrogens with zero attached hydrogens (tertiary/aromatic N) is 3. The number of piperidine rings is 1. The Morgan fingerprint density at radius 2 is 2.07 bits per heavy atom. The van der Waals surface area contributed by atoms with Crippen molar-refractivity contribution in [2.45, 2.75) is 37.5 Å². The first-order valence-corrected chi connectivity index (χ1v) is 9.85. The van der Waals surface area contributed by atoms with Crippen LogP contribution in [0.4, 0.5) is 0 Å². The molecule has 1 aliphatic heterocycles. The lowest BCUT2D eigenvalue weighted by Gasteiger charge is -2.33. The van der Waals surface area contributed by atoms with Gasteiger partial charge in [0, 0.05) is 12.1 Å². The van der Waals surface area contributed by atoms with E-state index in [2.05, 4.69) is 10.2 Å². The van der Waals surface area contributed by atoms with Gasteiger partial charge in [-0.05, 0) is 50.5 Å². The molecule has 1 saturated heterocycles. The first-order valence-electron chi connectivity index (χ1n) is 8.86. The van der Waals surface area contributed by atoms with Crippen LogP contribution in [0.5, 0.6) is 5.75 Å². The molecule has 2 N–H and O–H groups in total. The number of thioether (sulfide) groups is 1. The molecular formula is C18H22N4O4S. The van der Waals surface area contributed by atoms with Gasteiger partial charge < -0.3 is 19.8 Å². The zero-order chi connectivity index (χ0) is 19.2. The van der Waals surface area contributed by atoms with Gasteiger partial charge in [-0.3, -0.25) is 9.59 Å². The van der Waals surface area contributed by atoms with Crippen LogP contribution >= 0.6 is 11.8 Å². The number of aromatic nitrogens is 2. The van der Waals surface area contributed by atoms with Crippen molar-refractivity contribution in [3.63, 3.8) is 0 Å². The highest BCUT2D eigenvalue weighted by Gasteiger charge is 2.30. The summed E-state index contributed by atoms with van der Waals surface area (Å²) >= 11 is 1.15. The second kappa shape index (κ2) is 8.90. The molecule has 0 spiro atoms. The summed E-state index contributed by atoms with van der Waals surface area (Å²) in [4.78, 5) is 25.6. The molecule has 0 unspecified atom stereocenters. The number of nitrogens with two attached hydrogens (primary N) is 1. The second-order valence-corrected chi connectivity index (χ2v) is 7.05. The maximum Gasteiger partial charge on any atom is 0.277 e. The number of primary amides is 1. The fraction of sp³-hybridized carbons (Fsp3) is 0.444. The molecule has 2 amide bonds. The number of hydrogen-bond acceptors (Lipinski definition) is 7. The molecule has 0 saturated carbocycles. The van der Waals surface area contributed by atoms with E-state index in [-0.39, 0.29) is 11.7 Å². The van der Waals surface area contributed by atoms with Crippen LogP contribution in [0.1, 0.15) is 26.2 Å². The van der Waals surface area contributed by atoms with Gasteiger partial charge in [-0.25, -0.2) is 0 Å². The van der Waals surface area contributed by atoms with Gasteiger partial charge in [0.05, 0.1) is 12.4 Å². The molecule has 1 aliphatic rings. The predicted octanol–water partition coefficient (Wildman–Crippen LogP) is 2.09. The summed E-state index contributed by atoms with van der Waals surface area (Å²) in [6.45, 7) is 3.07. The van der Waals surface area contributed by atoms with Crippen molar-refractivity contribution in [1.29, 1.82) is 0 Å². The number of carbonyl (C=O) groups is 2. The largest absolute Gasteiger partial charge is 0.494 e. The van der Waals surface area contributed by atoms with Crippen molar-refractivity contribution in [3.05, 3.63) is 24.3 Å². The molecule has 0 aliphatic carbocycles. The fourth-order valence-corrected chi connectivity index (χ4v) is 3.63. The minimum absolute atomic E-state index is 0.120. The fourth-order valence-electron chi connectivity index (χ4n) is 2.98. The lowest BCUT2D eigenvalue weighted by atomic mass is 10.0. The molecule has 1 aromatic carbocycles. The summed E-state index contributed by atoms with van der Waals surface area (Å²) in [5, 5.41) is 8.30. The quantitative estimate of drug-likeness (QED) is 0.721. The summed E-state index contributed by atoms with van der Waals surface area (Å²) in [5.74, 6) is 0.662. The first kappa shape index (κ1) is 19.2. The highest BCUT2D eigenvalue weighted by atomic mass is 32.2. The molecular weight excluding hydrogens is 368 g/mol. The number of rotatable bonds is 7. The molecule has 2 aromatic rings. The minimum atomic E-state index is -0.519. The summed E-state index contributed by atoms with van der Waals surface area (Å²) < 4.78 is 11.0. The molecule has 144 valence electrons. The van der Waals surface area contributed by atoms with Crippen LogP contribution in [0.15, 0.2) is 33.9 Å². The van der Waals surface area contributed by atoms with E-state index in [1.54, 1.807) is 4.90 Å². The number of amides is 2. The monoisotopic (exact) mass is 390 g/mol. The molecule has 27 heavy (non-hydrogen) atoms. The van der Waals surface area contributed by atoms with Gasteiger partial charge in [-0.15, -0.1) is 10.2 Å². The van der Waals surface area contributed by atoms with E-state index >= 15 is 0 Å². The van der Waals surface area contributed by atoms with Gasteiger partial charge in [-0.2, -0.15) is 0 Å². The molecule has 2 heterocycles. The Kier molecular flexibility index (Phi) is 6.33. The van der Waals surface area contributed by atoms with Crippen LogP contribution < -0.4 is 10.5 Å². The number of carbonyl (C=O) groups excluding carboxylic acids is 2. The Morgan fingerprint density at radius 1 is 1.30 bits per heavy atom. The van der Waals surface area contributed by atoms with Crippen molar-refractivity contribution in [2.24, 2.45) is 5.73 Å². The molecule has 8 nitrogen and oxygen atoms in total. The topological polar surface area (TPSA) is 112 Å². The smallest absolute Gasteiger partial charge is 0.277 e. The molecule has 1 aromatic heterocycles. The highest BCUT2D eigenvalue weighted by molar-refractivity contribution is 7.99. The van der Waals surface area contributed by atoms with Gasteiger partial charge >= 0.3 is 0 Å². The van der Waals surface area contributed by atoms with Gasteiger partial charge in [0.15, 0.2) is 0 Å². The Bertz CT molecular complexity index is 793. The van der Waals surface area contributed by atoms with E-state index < -0.39 is 11.9 Å². The molecule has 0 bridgehead atoms. The van der Waals surface area contributed by atoms with Crippen LogP contribution in [0.25, 0.3) is 11.5 Å². The third kappa shape index (κ3) is 4.79. The van der Waals surface area contributed by atoms with Crippen LogP contribution in [0, 0.1) is 0 Å². The van der Waals surface area contributed by atoms with E-state index in [1.165, 1.54) is 0 Å². The van der Waals surface area contributed by atoms with Gasteiger partial charge in [0.2, 0.25) is 17.7 Å². The Labute approximate surface area is 161 Å². The predicted molar refractivity (Wildman–Crippen MR) is 100 cm³/mol. The maximum absolute atomic E-state index is 12.5. The van der Waals surface area contributed by atoms with E-state index in [1.807, 2.05) is 31.2 Å². The van der Waals surface area contributed by atoms with Gasteiger partial charge in [0.25, 0.3) is 5.22 Å². The first-order chi connectivity index (χ1) is 13.1. The van der Waals surface area contributed by atoms with E-state index in [4.69, 9.17) is 14.9 Å². The summed E-state index contributed by atoms with van der Waals surface area (Å²) in [6.07, 6.45) is 2.40. The molecule has 1 fully saturated rings. The molecule has 9 heteroatoms. The lowest BCUT2D eigenvalue weighted by molar-refractivity contribution is -0.138. The average molecular weight is 390 g/mol. The van der Waals surface area contributed by atoms with Crippen molar-refractivity contribution >= 4 is 23.6 Å². The van der Waals surface area contributed by atoms with Crippen molar-refractivity contribution in [2.75, 3.05) is 18.9 Å². The SMILES string of the molecule is CCOc1ccc(-c2nnc(SCC(=O)N3CCCC[C@H]3C(N)=O)o2)cc1. The van der Waals surface area contributed by atoms with Crippen LogP contribution in [-0.2, 0) is 9.59 Å². The Balaban J connectivity index is 1.59. The van der Waals surface area contributed by atoms with E-state index in [0.29, 0.717) is 30.7 Å². The van der Waals surface area contributed by atoms with Crippen LogP contribution in [0.3, 0.4) is 0 Å². The zero-order valence-corrected chi connectivity index (χ0v) is 15.9. The number of hydrogen-bond donors (Lipinski definition) is 1. The number of likely N-dealkylation sites (tertiary alicyclic amines) is 1. The number of benzene rings is 1. The van der Waals surface area contributed by atoms with Crippen molar-refractivity contribution in [1.82, 2.24) is 15.1 Å². The van der Waals surface area contributed by atoms with Crippen molar-refractivity contribution in [3.8, 4) is 17.2 Å². The minimum Gasteiger partial charge on any atom is -0.494 e. The summed E-state index contributed by atoms with van der Waals surface area (Å²) in [6, 6.07) is 6.82. The summed E-state index contributed by atoms with van der Waals surface area (Å²) in [5.41, 5.74) is 6.18. The molecule has 1 atom stereocenters. The standard InChI is InChI=1S/C18H22N4O4S/c1-2-25-13-8-6-12(7-9-13)17-20-21-18(26-17)27-11-15(23)22-10-4-3-5-14(22)16(19)24/h6-9,14H,2-5,10-11H2,1H3,(H2,19,24)/t14-/m0/s1. The molecule has 3 rings (SSSR count). The maximum atomic E-state index is 12.5. The zero-order valence-electron chi connectivity index (χ0n) is 15.1. The number of ether oxygens (including phenoxy) is 1. The molecule has 0 radical (unpaired) electrons. The Morgan fingerprint density at radius 3 is 2.78 bits per heavy atom. The normalized spacial score (nSPS) is 16.9. The van der Waals surface area contributed by atoms with Crippen LogP contribution in [0.2, 0.25) is 0 Å². The summed E-state index contributed by atoms with van der Waals surface area (Å²) in [7, 11) is 0. The van der Waals surface area contributed by atoms with E-state index in [9.17, 15) is 9.59 Å². The Hall–Kier alpha value is -2.55. The highest BCUT2D eigenvalue weighted by Crippen LogP contribution is 2.26. The van der Waals surface area contributed by atoms with Crippen LogP contribution in [-0.4, -0.2) is 51.9 Å². The van der Waals surface area contributed by atoms with Crippen molar-refractivity contribution < 1.29 is 18.7 Å². The van der Waals surface area contributed by atoms with E-state index in [0.717, 1.165) is 35.9 Å². The third-order valence-corrected chi connectivity index (χ3v) is 5.09. The third-order valence-electron chi connectivity index (χ3n) is 4.29. The lowest BCUT2D eigenvalue weighted by Crippen LogP contribution is -2.51. The second-order valence-electron chi connectivity index (χ2n) is 6.12.